The molecule has 0 unspecified atom stereocenters. The van der Waals surface area contributed by atoms with Crippen LogP contribution in [0.4, 0.5) is 0 Å². The summed E-state index contributed by atoms with van der Waals surface area (Å²) in [6.07, 6.45) is 0.809. The van der Waals surface area contributed by atoms with Crippen molar-refractivity contribution in [1.29, 1.82) is 0 Å². The zero-order valence-electron chi connectivity index (χ0n) is 8.18. The summed E-state index contributed by atoms with van der Waals surface area (Å²) in [7, 11) is 0. The summed E-state index contributed by atoms with van der Waals surface area (Å²) < 4.78 is 0. The molecule has 1 heterocycles. The Balaban J connectivity index is 2.29. The zero-order chi connectivity index (χ0) is 10.7. The third-order valence-corrected chi connectivity index (χ3v) is 2.96. The molecule has 0 radical (unpaired) electrons. The molecule has 4 heteroatoms. The highest BCUT2D eigenvalue weighted by molar-refractivity contribution is 7.09. The van der Waals surface area contributed by atoms with Crippen LogP contribution in [0.1, 0.15) is 5.01 Å². The predicted molar refractivity (Wildman–Crippen MR) is 62.0 cm³/mol. The van der Waals surface area contributed by atoms with E-state index in [0.717, 1.165) is 22.7 Å². The maximum Gasteiger partial charge on any atom is 0.116 e. The van der Waals surface area contributed by atoms with Crippen LogP contribution in [0.3, 0.4) is 0 Å². The lowest BCUT2D eigenvalue weighted by Crippen LogP contribution is -2.01. The first-order valence-electron chi connectivity index (χ1n) is 4.73. The fraction of sp³-hybridized carbons (Fsp3) is 0.182. The van der Waals surface area contributed by atoms with Gasteiger partial charge in [0.15, 0.2) is 0 Å². The first-order chi connectivity index (χ1) is 7.29. The van der Waals surface area contributed by atoms with Gasteiger partial charge >= 0.3 is 0 Å². The SMILES string of the molecule is NCCc1nc(-c2cccc(O)c2)cs1. The number of aromatic hydroxyl groups is 1. The largest absolute Gasteiger partial charge is 0.508 e. The first-order valence-corrected chi connectivity index (χ1v) is 5.61. The van der Waals surface area contributed by atoms with E-state index in [1.54, 1.807) is 23.5 Å². The van der Waals surface area contributed by atoms with E-state index in [9.17, 15) is 5.11 Å². The maximum atomic E-state index is 9.34. The summed E-state index contributed by atoms with van der Waals surface area (Å²) in [5.41, 5.74) is 7.30. The quantitative estimate of drug-likeness (QED) is 0.832. The Kier molecular flexibility index (Phi) is 2.99. The highest BCUT2D eigenvalue weighted by Gasteiger charge is 2.04. The van der Waals surface area contributed by atoms with E-state index in [1.807, 2.05) is 17.5 Å². The lowest BCUT2D eigenvalue weighted by molar-refractivity contribution is 0.475. The van der Waals surface area contributed by atoms with Crippen molar-refractivity contribution in [3.63, 3.8) is 0 Å². The van der Waals surface area contributed by atoms with E-state index in [4.69, 9.17) is 5.73 Å². The zero-order valence-corrected chi connectivity index (χ0v) is 9.00. The molecule has 3 N–H and O–H groups in total. The molecule has 0 amide bonds. The number of aromatic nitrogens is 1. The van der Waals surface area contributed by atoms with Crippen LogP contribution in [0.5, 0.6) is 5.75 Å². The molecule has 0 fully saturated rings. The van der Waals surface area contributed by atoms with Crippen LogP contribution < -0.4 is 5.73 Å². The normalized spacial score (nSPS) is 10.5. The van der Waals surface area contributed by atoms with Gasteiger partial charge in [-0.05, 0) is 18.7 Å². The topological polar surface area (TPSA) is 59.1 Å². The van der Waals surface area contributed by atoms with Gasteiger partial charge in [-0.2, -0.15) is 0 Å². The predicted octanol–water partition coefficient (Wildman–Crippen LogP) is 2.02. The Labute approximate surface area is 92.2 Å². The smallest absolute Gasteiger partial charge is 0.116 e. The average molecular weight is 220 g/mol. The standard InChI is InChI=1S/C11H12N2OS/c12-5-4-11-13-10(7-15-11)8-2-1-3-9(14)6-8/h1-3,6-7,14H,4-5,12H2. The van der Waals surface area contributed by atoms with Crippen molar-refractivity contribution in [1.82, 2.24) is 4.98 Å². The number of nitrogens with zero attached hydrogens (tertiary/aromatic N) is 1. The van der Waals surface area contributed by atoms with Crippen LogP contribution in [-0.2, 0) is 6.42 Å². The molecule has 1 aromatic heterocycles. The second-order valence-electron chi connectivity index (χ2n) is 3.22. The summed E-state index contributed by atoms with van der Waals surface area (Å²) >= 11 is 1.60. The number of nitrogens with two attached hydrogens (primary N) is 1. The fourth-order valence-corrected chi connectivity index (χ4v) is 2.17. The van der Waals surface area contributed by atoms with E-state index in [1.165, 1.54) is 0 Å². The summed E-state index contributed by atoms with van der Waals surface area (Å²) in [5.74, 6) is 0.265. The van der Waals surface area contributed by atoms with Crippen LogP contribution in [0.2, 0.25) is 0 Å². The monoisotopic (exact) mass is 220 g/mol. The molecular formula is C11H12N2OS. The Bertz CT molecular complexity index is 453. The van der Waals surface area contributed by atoms with Crippen molar-refractivity contribution in [2.24, 2.45) is 5.73 Å². The van der Waals surface area contributed by atoms with Crippen LogP contribution in [0.15, 0.2) is 29.6 Å². The van der Waals surface area contributed by atoms with Crippen molar-refractivity contribution < 1.29 is 5.11 Å². The van der Waals surface area contributed by atoms with Crippen LogP contribution in [0, 0.1) is 0 Å². The Morgan fingerprint density at radius 1 is 1.40 bits per heavy atom. The van der Waals surface area contributed by atoms with E-state index in [2.05, 4.69) is 4.98 Å². The fourth-order valence-electron chi connectivity index (χ4n) is 1.35. The third-order valence-electron chi connectivity index (χ3n) is 2.05. The van der Waals surface area contributed by atoms with Gasteiger partial charge in [-0.3, -0.25) is 0 Å². The number of thiazole rings is 1. The van der Waals surface area contributed by atoms with Gasteiger partial charge in [0.1, 0.15) is 5.75 Å². The molecule has 2 rings (SSSR count). The Morgan fingerprint density at radius 3 is 3.00 bits per heavy atom. The van der Waals surface area contributed by atoms with E-state index >= 15 is 0 Å². The molecule has 0 aliphatic rings. The minimum Gasteiger partial charge on any atom is -0.508 e. The highest BCUT2D eigenvalue weighted by Crippen LogP contribution is 2.24. The van der Waals surface area contributed by atoms with E-state index < -0.39 is 0 Å². The summed E-state index contributed by atoms with van der Waals surface area (Å²) in [6, 6.07) is 7.10. The summed E-state index contributed by atoms with van der Waals surface area (Å²) in [4.78, 5) is 4.44. The number of phenolic OH excluding ortho intramolecular Hbond substituents is 1. The third kappa shape index (κ3) is 2.34. The second kappa shape index (κ2) is 4.42. The molecule has 0 saturated heterocycles. The molecular weight excluding hydrogens is 208 g/mol. The van der Waals surface area contributed by atoms with Gasteiger partial charge in [-0.1, -0.05) is 12.1 Å². The molecule has 0 aliphatic carbocycles. The second-order valence-corrected chi connectivity index (χ2v) is 4.16. The van der Waals surface area contributed by atoms with Gasteiger partial charge in [0, 0.05) is 17.4 Å². The number of phenols is 1. The lowest BCUT2D eigenvalue weighted by Gasteiger charge is -1.96. The van der Waals surface area contributed by atoms with Crippen molar-refractivity contribution in [3.8, 4) is 17.0 Å². The summed E-state index contributed by atoms with van der Waals surface area (Å²) in [5, 5.41) is 12.4. The van der Waals surface area contributed by atoms with Crippen molar-refractivity contribution in [3.05, 3.63) is 34.7 Å². The highest BCUT2D eigenvalue weighted by atomic mass is 32.1. The molecule has 2 aromatic rings. The molecule has 1 aromatic carbocycles. The molecule has 0 aliphatic heterocycles. The number of hydrogen-bond acceptors (Lipinski definition) is 4. The van der Waals surface area contributed by atoms with Gasteiger partial charge in [0.2, 0.25) is 0 Å². The molecule has 78 valence electrons. The minimum atomic E-state index is 0.265. The number of rotatable bonds is 3. The Morgan fingerprint density at radius 2 is 2.27 bits per heavy atom. The van der Waals surface area contributed by atoms with E-state index in [0.29, 0.717) is 6.54 Å². The van der Waals surface area contributed by atoms with Gasteiger partial charge in [0.25, 0.3) is 0 Å². The molecule has 15 heavy (non-hydrogen) atoms. The molecule has 0 bridgehead atoms. The van der Waals surface area contributed by atoms with Crippen LogP contribution in [0.25, 0.3) is 11.3 Å². The van der Waals surface area contributed by atoms with Gasteiger partial charge in [0.05, 0.1) is 10.7 Å². The molecule has 3 nitrogen and oxygen atoms in total. The Hall–Kier alpha value is -1.39. The maximum absolute atomic E-state index is 9.34. The van der Waals surface area contributed by atoms with E-state index in [-0.39, 0.29) is 5.75 Å². The number of hydrogen-bond donors (Lipinski definition) is 2. The minimum absolute atomic E-state index is 0.265. The average Bonchev–Trinajstić information content (AvgIpc) is 2.67. The van der Waals surface area contributed by atoms with Gasteiger partial charge in [-0.15, -0.1) is 11.3 Å². The molecule has 0 spiro atoms. The summed E-state index contributed by atoms with van der Waals surface area (Å²) in [6.45, 7) is 0.618. The van der Waals surface area contributed by atoms with Crippen molar-refractivity contribution >= 4 is 11.3 Å². The van der Waals surface area contributed by atoms with Gasteiger partial charge in [-0.25, -0.2) is 4.98 Å². The van der Waals surface area contributed by atoms with Crippen LogP contribution >= 0.6 is 11.3 Å². The van der Waals surface area contributed by atoms with Crippen molar-refractivity contribution in [2.75, 3.05) is 6.54 Å². The lowest BCUT2D eigenvalue weighted by atomic mass is 10.2. The van der Waals surface area contributed by atoms with Crippen molar-refractivity contribution in [2.45, 2.75) is 6.42 Å². The molecule has 0 saturated carbocycles. The number of benzene rings is 1. The van der Waals surface area contributed by atoms with Gasteiger partial charge < -0.3 is 10.8 Å². The first kappa shape index (κ1) is 10.1. The van der Waals surface area contributed by atoms with Crippen LogP contribution in [-0.4, -0.2) is 16.6 Å². The molecule has 0 atom stereocenters.